The van der Waals surface area contributed by atoms with E-state index in [2.05, 4.69) is 0 Å². The highest BCUT2D eigenvalue weighted by Gasteiger charge is 2.32. The maximum atomic E-state index is 14.1. The summed E-state index contributed by atoms with van der Waals surface area (Å²) in [4.78, 5) is 13.2. The second kappa shape index (κ2) is 4.54. The zero-order chi connectivity index (χ0) is 13.4. The summed E-state index contributed by atoms with van der Waals surface area (Å²) < 4.78 is 19.4. The van der Waals surface area contributed by atoms with Crippen molar-refractivity contribution < 1.29 is 13.9 Å². The summed E-state index contributed by atoms with van der Waals surface area (Å²) in [6.07, 6.45) is 1.06. The van der Waals surface area contributed by atoms with Crippen molar-refractivity contribution in [2.75, 3.05) is 19.7 Å². The molecule has 1 aromatic carbocycles. The topological polar surface area (TPSA) is 53.3 Å². The molecule has 1 amide bonds. The number of ether oxygens (including phenoxy) is 1. The van der Waals surface area contributed by atoms with E-state index in [9.17, 15) is 9.18 Å². The highest BCUT2D eigenvalue weighted by atomic mass is 19.1. The zero-order valence-corrected chi connectivity index (χ0v) is 10.4. The van der Waals surface area contributed by atoms with E-state index in [0.29, 0.717) is 24.5 Å². The molecule has 0 bridgehead atoms. The second-order valence-electron chi connectivity index (χ2n) is 4.91. The predicted molar refractivity (Wildman–Crippen MR) is 65.2 cm³/mol. The third-order valence-electron chi connectivity index (χ3n) is 3.72. The smallest absolute Gasteiger partial charge is 0.224 e. The number of hydrogen-bond acceptors (Lipinski definition) is 3. The van der Waals surface area contributed by atoms with Crippen LogP contribution in [0.3, 0.4) is 0 Å². The van der Waals surface area contributed by atoms with Crippen molar-refractivity contribution in [2.45, 2.75) is 18.8 Å². The maximum absolute atomic E-state index is 14.1. The minimum absolute atomic E-state index is 0.0744. The highest BCUT2D eigenvalue weighted by Crippen LogP contribution is 2.35. The summed E-state index contributed by atoms with van der Waals surface area (Å²) in [6, 6.07) is 5.18. The van der Waals surface area contributed by atoms with Crippen LogP contribution in [0.4, 0.5) is 4.39 Å². The molecule has 2 heterocycles. The number of carbonyl (C=O) groups excluding carboxylic acids is 1. The Balaban J connectivity index is 1.88. The molecule has 0 N–H and O–H groups in total. The van der Waals surface area contributed by atoms with E-state index in [1.54, 1.807) is 0 Å². The fourth-order valence-corrected chi connectivity index (χ4v) is 2.75. The molecular weight excluding hydrogens is 247 g/mol. The van der Waals surface area contributed by atoms with Crippen LogP contribution in [0.25, 0.3) is 0 Å². The number of benzene rings is 1. The maximum Gasteiger partial charge on any atom is 0.224 e. The van der Waals surface area contributed by atoms with Gasteiger partial charge in [0.15, 0.2) is 0 Å². The Morgan fingerprint density at radius 1 is 1.53 bits per heavy atom. The average molecular weight is 260 g/mol. The van der Waals surface area contributed by atoms with Crippen molar-refractivity contribution in [3.05, 3.63) is 29.1 Å². The number of fused-ring (bicyclic) bond motifs is 1. The van der Waals surface area contributed by atoms with Gasteiger partial charge in [-0.3, -0.25) is 4.79 Å². The third-order valence-corrected chi connectivity index (χ3v) is 3.72. The normalized spacial score (nSPS) is 21.2. The van der Waals surface area contributed by atoms with E-state index >= 15 is 0 Å². The first kappa shape index (κ1) is 12.0. The quantitative estimate of drug-likeness (QED) is 0.759. The molecule has 0 aliphatic carbocycles. The molecule has 1 atom stereocenters. The van der Waals surface area contributed by atoms with Gasteiger partial charge in [-0.2, -0.15) is 5.26 Å². The number of nitriles is 1. The Morgan fingerprint density at radius 3 is 3.16 bits per heavy atom. The summed E-state index contributed by atoms with van der Waals surface area (Å²) in [5.41, 5.74) is 1.57. The zero-order valence-electron chi connectivity index (χ0n) is 10.4. The molecule has 3 rings (SSSR count). The standard InChI is InChI=1S/C14H13FN2O2/c15-12-7-13-9(1-4-19-13)5-11(12)10-6-14(18)17(8-10)3-2-16/h5,7,10H,1,3-4,6,8H2/t10-/m0/s1. The monoisotopic (exact) mass is 260 g/mol. The predicted octanol–water partition coefficient (Wildman–Crippen LogP) is 1.60. The molecule has 1 fully saturated rings. The molecule has 0 aromatic heterocycles. The van der Waals surface area contributed by atoms with Gasteiger partial charge in [0.05, 0.1) is 12.7 Å². The molecule has 19 heavy (non-hydrogen) atoms. The third kappa shape index (κ3) is 2.03. The summed E-state index contributed by atoms with van der Waals surface area (Å²) in [6.45, 7) is 1.08. The minimum atomic E-state index is -0.322. The lowest BCUT2D eigenvalue weighted by atomic mass is 9.95. The molecule has 4 nitrogen and oxygen atoms in total. The number of nitrogens with zero attached hydrogens (tertiary/aromatic N) is 2. The molecule has 5 heteroatoms. The number of rotatable bonds is 2. The van der Waals surface area contributed by atoms with Gasteiger partial charge in [-0.15, -0.1) is 0 Å². The Bertz CT molecular complexity index is 580. The van der Waals surface area contributed by atoms with Crippen molar-refractivity contribution in [1.82, 2.24) is 4.90 Å². The first-order valence-electron chi connectivity index (χ1n) is 6.29. The number of hydrogen-bond donors (Lipinski definition) is 0. The van der Waals surface area contributed by atoms with E-state index in [1.165, 1.54) is 11.0 Å². The summed E-state index contributed by atoms with van der Waals surface area (Å²) >= 11 is 0. The lowest BCUT2D eigenvalue weighted by Crippen LogP contribution is -2.25. The Hall–Kier alpha value is -2.09. The lowest BCUT2D eigenvalue weighted by Gasteiger charge is -2.14. The van der Waals surface area contributed by atoms with E-state index in [1.807, 2.05) is 12.1 Å². The average Bonchev–Trinajstić information content (AvgIpc) is 2.96. The SMILES string of the molecule is N#CCN1C[C@@H](c2cc3c(cc2F)OCC3)CC1=O. The van der Waals surface area contributed by atoms with Crippen LogP contribution in [-0.4, -0.2) is 30.5 Å². The fraction of sp³-hybridized carbons (Fsp3) is 0.429. The second-order valence-corrected chi connectivity index (χ2v) is 4.91. The molecule has 2 aliphatic rings. The first-order valence-corrected chi connectivity index (χ1v) is 6.29. The van der Waals surface area contributed by atoms with Gasteiger partial charge in [0.25, 0.3) is 0 Å². The minimum Gasteiger partial charge on any atom is -0.493 e. The molecule has 0 saturated carbocycles. The van der Waals surface area contributed by atoms with E-state index in [-0.39, 0.29) is 30.6 Å². The Morgan fingerprint density at radius 2 is 2.37 bits per heavy atom. The van der Waals surface area contributed by atoms with E-state index in [0.717, 1.165) is 12.0 Å². The van der Waals surface area contributed by atoms with Gasteiger partial charge in [0, 0.05) is 31.4 Å². The summed E-state index contributed by atoms with van der Waals surface area (Å²) in [5.74, 6) is 0.0474. The van der Waals surface area contributed by atoms with Gasteiger partial charge in [-0.1, -0.05) is 0 Å². The van der Waals surface area contributed by atoms with Crippen molar-refractivity contribution >= 4 is 5.91 Å². The summed E-state index contributed by atoms with van der Waals surface area (Å²) in [7, 11) is 0. The molecule has 0 radical (unpaired) electrons. The van der Waals surface area contributed by atoms with Crippen LogP contribution in [-0.2, 0) is 11.2 Å². The highest BCUT2D eigenvalue weighted by molar-refractivity contribution is 5.80. The fourth-order valence-electron chi connectivity index (χ4n) is 2.75. The van der Waals surface area contributed by atoms with E-state index in [4.69, 9.17) is 10.00 Å². The van der Waals surface area contributed by atoms with Gasteiger partial charge in [0.2, 0.25) is 5.91 Å². The molecule has 2 aliphatic heterocycles. The van der Waals surface area contributed by atoms with Crippen LogP contribution >= 0.6 is 0 Å². The van der Waals surface area contributed by atoms with Crippen LogP contribution in [0, 0.1) is 17.1 Å². The largest absolute Gasteiger partial charge is 0.493 e. The van der Waals surface area contributed by atoms with Crippen molar-refractivity contribution in [2.24, 2.45) is 0 Å². The number of halogens is 1. The molecule has 1 aromatic rings. The van der Waals surface area contributed by atoms with Gasteiger partial charge >= 0.3 is 0 Å². The van der Waals surface area contributed by atoms with Gasteiger partial charge in [0.1, 0.15) is 18.1 Å². The molecule has 1 saturated heterocycles. The van der Waals surface area contributed by atoms with Crippen LogP contribution in [0.15, 0.2) is 12.1 Å². The van der Waals surface area contributed by atoms with Crippen LogP contribution in [0.1, 0.15) is 23.5 Å². The van der Waals surface area contributed by atoms with Crippen molar-refractivity contribution in [3.63, 3.8) is 0 Å². The molecule has 98 valence electrons. The van der Waals surface area contributed by atoms with Gasteiger partial charge < -0.3 is 9.64 Å². The molecule has 0 unspecified atom stereocenters. The molecule has 0 spiro atoms. The van der Waals surface area contributed by atoms with Crippen LogP contribution < -0.4 is 4.74 Å². The van der Waals surface area contributed by atoms with Gasteiger partial charge in [-0.05, 0) is 17.2 Å². The van der Waals surface area contributed by atoms with Crippen LogP contribution in [0.2, 0.25) is 0 Å². The Labute approximate surface area is 110 Å². The number of amides is 1. The lowest BCUT2D eigenvalue weighted by molar-refractivity contribution is -0.127. The Kier molecular flexibility index (Phi) is 2.86. The number of carbonyl (C=O) groups is 1. The molecular formula is C14H13FN2O2. The van der Waals surface area contributed by atoms with Crippen molar-refractivity contribution in [1.29, 1.82) is 5.26 Å². The van der Waals surface area contributed by atoms with Gasteiger partial charge in [-0.25, -0.2) is 4.39 Å². The van der Waals surface area contributed by atoms with Crippen LogP contribution in [0.5, 0.6) is 5.75 Å². The van der Waals surface area contributed by atoms with Crippen molar-refractivity contribution in [3.8, 4) is 11.8 Å². The van der Waals surface area contributed by atoms with E-state index < -0.39 is 0 Å². The number of likely N-dealkylation sites (tertiary alicyclic amines) is 1. The summed E-state index contributed by atoms with van der Waals surface area (Å²) in [5, 5.41) is 8.65. The first-order chi connectivity index (χ1) is 9.19.